The largest absolute Gasteiger partial charge is 0.273 e. The maximum Gasteiger partial charge on any atom is 0.242 e. The topological polar surface area (TPSA) is 58.2 Å². The van der Waals surface area contributed by atoms with Crippen molar-refractivity contribution in [1.82, 2.24) is 10.9 Å². The molecule has 0 bridgehead atoms. The minimum absolute atomic E-state index is 0.0818. The van der Waals surface area contributed by atoms with E-state index in [2.05, 4.69) is 10.9 Å². The van der Waals surface area contributed by atoms with Crippen LogP contribution in [0.3, 0.4) is 0 Å². The summed E-state index contributed by atoms with van der Waals surface area (Å²) in [7, 11) is 0. The van der Waals surface area contributed by atoms with E-state index >= 15 is 0 Å². The van der Waals surface area contributed by atoms with Gasteiger partial charge in [0, 0.05) is 6.42 Å². The van der Waals surface area contributed by atoms with Gasteiger partial charge in [-0.1, -0.05) is 42.0 Å². The number of aryl methyl sites for hydroxylation is 2. The molecule has 0 atom stereocenters. The fraction of sp³-hybridized carbons (Fsp3) is 0.222. The molecule has 23 heavy (non-hydrogen) atoms. The van der Waals surface area contributed by atoms with E-state index in [1.54, 1.807) is 0 Å². The number of nitrogens with one attached hydrogen (secondary N) is 2. The Kier molecular flexibility index (Phi) is 5.86. The lowest BCUT2D eigenvalue weighted by Gasteiger charge is -2.08. The van der Waals surface area contributed by atoms with Crippen LogP contribution in [0.4, 0.5) is 4.39 Å². The number of rotatable bonds is 5. The summed E-state index contributed by atoms with van der Waals surface area (Å²) in [5, 5.41) is 0. The van der Waals surface area contributed by atoms with Crippen LogP contribution in [0.2, 0.25) is 0 Å². The molecule has 0 aromatic heterocycles. The average Bonchev–Trinajstić information content (AvgIpc) is 2.53. The van der Waals surface area contributed by atoms with Crippen LogP contribution in [0.1, 0.15) is 23.1 Å². The molecular formula is C18H19FN2O2. The van der Waals surface area contributed by atoms with E-state index in [1.807, 2.05) is 31.2 Å². The summed E-state index contributed by atoms with van der Waals surface area (Å²) in [4.78, 5) is 23.4. The van der Waals surface area contributed by atoms with Crippen molar-refractivity contribution >= 4 is 11.8 Å². The Morgan fingerprint density at radius 2 is 1.65 bits per heavy atom. The zero-order chi connectivity index (χ0) is 16.7. The smallest absolute Gasteiger partial charge is 0.242 e. The van der Waals surface area contributed by atoms with Crippen molar-refractivity contribution in [2.24, 2.45) is 0 Å². The van der Waals surface area contributed by atoms with Gasteiger partial charge in [0.15, 0.2) is 0 Å². The Labute approximate surface area is 134 Å². The van der Waals surface area contributed by atoms with Gasteiger partial charge in [0.25, 0.3) is 0 Å². The van der Waals surface area contributed by atoms with Crippen LogP contribution in [0.25, 0.3) is 0 Å². The SMILES string of the molecule is Cc1cccc(CCC(=O)NNC(=O)Cc2ccc(F)cc2)c1. The minimum Gasteiger partial charge on any atom is -0.273 e. The number of hydrogen-bond donors (Lipinski definition) is 2. The molecule has 0 aliphatic carbocycles. The van der Waals surface area contributed by atoms with Crippen LogP contribution in [0.5, 0.6) is 0 Å². The van der Waals surface area contributed by atoms with E-state index in [0.717, 1.165) is 11.1 Å². The average molecular weight is 314 g/mol. The van der Waals surface area contributed by atoms with E-state index in [4.69, 9.17) is 0 Å². The van der Waals surface area contributed by atoms with Crippen molar-refractivity contribution in [3.63, 3.8) is 0 Å². The lowest BCUT2D eigenvalue weighted by Crippen LogP contribution is -2.42. The van der Waals surface area contributed by atoms with Gasteiger partial charge in [-0.3, -0.25) is 20.4 Å². The Morgan fingerprint density at radius 3 is 2.35 bits per heavy atom. The molecule has 2 N–H and O–H groups in total. The monoisotopic (exact) mass is 314 g/mol. The summed E-state index contributed by atoms with van der Waals surface area (Å²) < 4.78 is 12.8. The third-order valence-corrected chi connectivity index (χ3v) is 3.34. The molecule has 4 nitrogen and oxygen atoms in total. The molecule has 0 saturated heterocycles. The number of carbonyl (C=O) groups excluding carboxylic acids is 2. The lowest BCUT2D eigenvalue weighted by atomic mass is 10.1. The summed E-state index contributed by atoms with van der Waals surface area (Å²) in [5.74, 6) is -0.946. The van der Waals surface area contributed by atoms with Crippen LogP contribution in [-0.2, 0) is 22.4 Å². The summed E-state index contributed by atoms with van der Waals surface area (Å²) in [6.45, 7) is 2.00. The molecule has 0 saturated carbocycles. The first-order chi connectivity index (χ1) is 11.0. The molecular weight excluding hydrogens is 295 g/mol. The highest BCUT2D eigenvalue weighted by molar-refractivity contribution is 5.83. The van der Waals surface area contributed by atoms with Gasteiger partial charge in [-0.15, -0.1) is 0 Å². The van der Waals surface area contributed by atoms with Crippen LogP contribution in [0.15, 0.2) is 48.5 Å². The third kappa shape index (κ3) is 5.90. The second-order valence-electron chi connectivity index (χ2n) is 5.39. The summed E-state index contributed by atoms with van der Waals surface area (Å²) >= 11 is 0. The number of hydrogen-bond acceptors (Lipinski definition) is 2. The maximum absolute atomic E-state index is 12.8. The highest BCUT2D eigenvalue weighted by Crippen LogP contribution is 2.06. The van der Waals surface area contributed by atoms with Crippen molar-refractivity contribution < 1.29 is 14.0 Å². The van der Waals surface area contributed by atoms with Crippen LogP contribution in [0, 0.1) is 12.7 Å². The van der Waals surface area contributed by atoms with E-state index in [9.17, 15) is 14.0 Å². The van der Waals surface area contributed by atoms with Gasteiger partial charge < -0.3 is 0 Å². The van der Waals surface area contributed by atoms with Crippen molar-refractivity contribution in [1.29, 1.82) is 0 Å². The molecule has 2 rings (SSSR count). The van der Waals surface area contributed by atoms with Gasteiger partial charge in [-0.2, -0.15) is 0 Å². The predicted octanol–water partition coefficient (Wildman–Crippen LogP) is 2.46. The predicted molar refractivity (Wildman–Crippen MR) is 85.9 cm³/mol. The zero-order valence-electron chi connectivity index (χ0n) is 12.9. The molecule has 0 aliphatic heterocycles. The number of hydrazine groups is 1. The molecule has 5 heteroatoms. The number of benzene rings is 2. The van der Waals surface area contributed by atoms with E-state index in [1.165, 1.54) is 24.3 Å². The first-order valence-electron chi connectivity index (χ1n) is 7.40. The fourth-order valence-electron chi connectivity index (χ4n) is 2.16. The summed E-state index contributed by atoms with van der Waals surface area (Å²) in [6.07, 6.45) is 0.986. The second-order valence-corrected chi connectivity index (χ2v) is 5.39. The second kappa shape index (κ2) is 8.08. The first kappa shape index (κ1) is 16.7. The number of amides is 2. The molecule has 0 heterocycles. The number of carbonyl (C=O) groups is 2. The van der Waals surface area contributed by atoms with Crippen molar-refractivity contribution in [3.05, 3.63) is 71.0 Å². The van der Waals surface area contributed by atoms with Gasteiger partial charge in [-0.05, 0) is 36.6 Å². The van der Waals surface area contributed by atoms with E-state index < -0.39 is 0 Å². The highest BCUT2D eigenvalue weighted by atomic mass is 19.1. The molecule has 0 aliphatic rings. The Balaban J connectivity index is 1.71. The standard InChI is InChI=1S/C18H19FN2O2/c1-13-3-2-4-14(11-13)7-10-17(22)20-21-18(23)12-15-5-8-16(19)9-6-15/h2-6,8-9,11H,7,10,12H2,1H3,(H,20,22)(H,21,23). The van der Waals surface area contributed by atoms with Gasteiger partial charge in [0.05, 0.1) is 6.42 Å². The maximum atomic E-state index is 12.8. The highest BCUT2D eigenvalue weighted by Gasteiger charge is 2.06. The van der Waals surface area contributed by atoms with Gasteiger partial charge in [-0.25, -0.2) is 4.39 Å². The molecule has 2 amide bonds. The molecule has 0 unspecified atom stereocenters. The number of halogens is 1. The lowest BCUT2D eigenvalue weighted by molar-refractivity contribution is -0.128. The summed E-state index contributed by atoms with van der Waals surface area (Å²) in [6, 6.07) is 13.6. The first-order valence-corrected chi connectivity index (χ1v) is 7.40. The minimum atomic E-state index is -0.349. The van der Waals surface area contributed by atoms with Gasteiger partial charge >= 0.3 is 0 Å². The third-order valence-electron chi connectivity index (χ3n) is 3.34. The quantitative estimate of drug-likeness (QED) is 0.833. The molecule has 0 spiro atoms. The van der Waals surface area contributed by atoms with Gasteiger partial charge in [0.2, 0.25) is 11.8 Å². The van der Waals surface area contributed by atoms with Crippen molar-refractivity contribution in [3.8, 4) is 0 Å². The van der Waals surface area contributed by atoms with Crippen LogP contribution in [-0.4, -0.2) is 11.8 Å². The Bertz CT molecular complexity index is 684. The normalized spacial score (nSPS) is 10.2. The molecule has 2 aromatic carbocycles. The van der Waals surface area contributed by atoms with E-state index in [-0.39, 0.29) is 24.1 Å². The van der Waals surface area contributed by atoms with Crippen LogP contribution < -0.4 is 10.9 Å². The van der Waals surface area contributed by atoms with Crippen molar-refractivity contribution in [2.45, 2.75) is 26.2 Å². The molecule has 0 fully saturated rings. The van der Waals surface area contributed by atoms with Crippen molar-refractivity contribution in [2.75, 3.05) is 0 Å². The summed E-state index contributed by atoms with van der Waals surface area (Å²) in [5.41, 5.74) is 7.66. The van der Waals surface area contributed by atoms with Crippen LogP contribution >= 0.6 is 0 Å². The Morgan fingerprint density at radius 1 is 0.957 bits per heavy atom. The Hall–Kier alpha value is -2.69. The fourth-order valence-corrected chi connectivity index (χ4v) is 2.16. The molecule has 0 radical (unpaired) electrons. The van der Waals surface area contributed by atoms with Gasteiger partial charge in [0.1, 0.15) is 5.82 Å². The molecule has 120 valence electrons. The van der Waals surface area contributed by atoms with E-state index in [0.29, 0.717) is 18.4 Å². The zero-order valence-corrected chi connectivity index (χ0v) is 12.9. The molecule has 2 aromatic rings.